The van der Waals surface area contributed by atoms with Crippen molar-refractivity contribution in [2.75, 3.05) is 18.0 Å². The van der Waals surface area contributed by atoms with Gasteiger partial charge in [0.15, 0.2) is 0 Å². The standard InChI is InChI=1S/C25H35Cl2N3O4S/c1-7-18(6)30(25(31)28-17(4)5)16-19-10-11-20(29(8-2)9-3)14-24(19)34-35(32,33)21-12-13-22(26)23(27)15-21/h10-15,17-18H,7-9,16H2,1-6H3,(H,28,31)/t18-/m1/s1. The van der Waals surface area contributed by atoms with E-state index >= 15 is 0 Å². The number of amides is 2. The second-order valence-corrected chi connectivity index (χ2v) is 10.9. The van der Waals surface area contributed by atoms with Gasteiger partial charge in [-0.2, -0.15) is 8.42 Å². The molecule has 194 valence electrons. The number of nitrogens with one attached hydrogen (secondary N) is 1. The van der Waals surface area contributed by atoms with E-state index in [4.69, 9.17) is 27.4 Å². The van der Waals surface area contributed by atoms with E-state index in [0.717, 1.165) is 25.2 Å². The molecular weight excluding hydrogens is 509 g/mol. The zero-order chi connectivity index (χ0) is 26.3. The summed E-state index contributed by atoms with van der Waals surface area (Å²) in [6.07, 6.45) is 0.737. The van der Waals surface area contributed by atoms with Crippen LogP contribution in [0.3, 0.4) is 0 Å². The van der Waals surface area contributed by atoms with Crippen LogP contribution in [-0.4, -0.2) is 44.5 Å². The van der Waals surface area contributed by atoms with Crippen molar-refractivity contribution in [1.29, 1.82) is 0 Å². The van der Waals surface area contributed by atoms with E-state index in [9.17, 15) is 13.2 Å². The highest BCUT2D eigenvalue weighted by atomic mass is 35.5. The molecule has 0 unspecified atom stereocenters. The molecule has 0 aliphatic rings. The quantitative estimate of drug-likeness (QED) is 0.335. The van der Waals surface area contributed by atoms with Crippen LogP contribution in [0.1, 0.15) is 53.5 Å². The third kappa shape index (κ3) is 7.66. The lowest BCUT2D eigenvalue weighted by atomic mass is 10.1. The fourth-order valence-corrected chi connectivity index (χ4v) is 4.84. The summed E-state index contributed by atoms with van der Waals surface area (Å²) in [6.45, 7) is 13.4. The van der Waals surface area contributed by atoms with Crippen LogP contribution in [0.25, 0.3) is 0 Å². The first-order chi connectivity index (χ1) is 16.4. The van der Waals surface area contributed by atoms with E-state index in [1.165, 1.54) is 18.2 Å². The average Bonchev–Trinajstić information content (AvgIpc) is 2.79. The van der Waals surface area contributed by atoms with Crippen molar-refractivity contribution in [2.45, 2.75) is 71.5 Å². The van der Waals surface area contributed by atoms with Crippen LogP contribution in [0.15, 0.2) is 41.3 Å². The highest BCUT2D eigenvalue weighted by molar-refractivity contribution is 7.87. The molecule has 0 aliphatic carbocycles. The number of anilines is 1. The number of hydrogen-bond acceptors (Lipinski definition) is 5. The fourth-order valence-electron chi connectivity index (χ4n) is 3.50. The van der Waals surface area contributed by atoms with E-state index in [0.29, 0.717) is 5.56 Å². The molecule has 2 rings (SSSR count). The first kappa shape index (κ1) is 29.1. The molecular formula is C25H35Cl2N3O4S. The van der Waals surface area contributed by atoms with Gasteiger partial charge in [-0.15, -0.1) is 0 Å². The smallest absolute Gasteiger partial charge is 0.339 e. The van der Waals surface area contributed by atoms with Crippen molar-refractivity contribution >= 4 is 45.0 Å². The van der Waals surface area contributed by atoms with Crippen LogP contribution in [0, 0.1) is 0 Å². The Bertz CT molecular complexity index is 1120. The lowest BCUT2D eigenvalue weighted by Gasteiger charge is -2.30. The molecule has 35 heavy (non-hydrogen) atoms. The molecule has 0 saturated heterocycles. The zero-order valence-corrected chi connectivity index (χ0v) is 23.5. The number of carbonyl (C=O) groups is 1. The lowest BCUT2D eigenvalue weighted by molar-refractivity contribution is 0.170. The van der Waals surface area contributed by atoms with Gasteiger partial charge >= 0.3 is 16.1 Å². The Morgan fingerprint density at radius 1 is 1.00 bits per heavy atom. The predicted molar refractivity (Wildman–Crippen MR) is 143 cm³/mol. The Morgan fingerprint density at radius 3 is 2.20 bits per heavy atom. The lowest BCUT2D eigenvalue weighted by Crippen LogP contribution is -2.46. The first-order valence-electron chi connectivity index (χ1n) is 11.8. The van der Waals surface area contributed by atoms with Crippen molar-refractivity contribution in [3.63, 3.8) is 0 Å². The maximum atomic E-state index is 13.2. The Hall–Kier alpha value is -2.16. The number of nitrogens with zero attached hydrogens (tertiary/aromatic N) is 2. The molecule has 0 radical (unpaired) electrons. The minimum atomic E-state index is -4.21. The van der Waals surface area contributed by atoms with E-state index in [-0.39, 0.29) is 45.3 Å². The van der Waals surface area contributed by atoms with Gasteiger partial charge in [-0.1, -0.05) is 36.2 Å². The average molecular weight is 545 g/mol. The van der Waals surface area contributed by atoms with E-state index in [1.807, 2.05) is 53.7 Å². The van der Waals surface area contributed by atoms with E-state index in [1.54, 1.807) is 11.0 Å². The van der Waals surface area contributed by atoms with Gasteiger partial charge in [0.25, 0.3) is 0 Å². The predicted octanol–water partition coefficient (Wildman–Crippen LogP) is 6.33. The molecule has 10 heteroatoms. The van der Waals surface area contributed by atoms with Gasteiger partial charge in [-0.25, -0.2) is 4.79 Å². The molecule has 7 nitrogen and oxygen atoms in total. The molecule has 2 amide bonds. The first-order valence-corrected chi connectivity index (χ1v) is 13.9. The summed E-state index contributed by atoms with van der Waals surface area (Å²) in [5.41, 5.74) is 1.39. The summed E-state index contributed by atoms with van der Waals surface area (Å²) >= 11 is 12.0. The van der Waals surface area contributed by atoms with Gasteiger partial charge in [0, 0.05) is 42.5 Å². The number of benzene rings is 2. The van der Waals surface area contributed by atoms with Crippen LogP contribution >= 0.6 is 23.2 Å². The highest BCUT2D eigenvalue weighted by Crippen LogP contribution is 2.32. The van der Waals surface area contributed by atoms with Gasteiger partial charge in [-0.05, 0) is 65.3 Å². The molecule has 0 heterocycles. The molecule has 0 bridgehead atoms. The number of urea groups is 1. The molecule has 0 aromatic heterocycles. The van der Waals surface area contributed by atoms with Gasteiger partial charge in [0.2, 0.25) is 0 Å². The zero-order valence-electron chi connectivity index (χ0n) is 21.1. The molecule has 2 aromatic carbocycles. The molecule has 1 N–H and O–H groups in total. The van der Waals surface area contributed by atoms with Gasteiger partial charge < -0.3 is 19.3 Å². The summed E-state index contributed by atoms with van der Waals surface area (Å²) in [4.78, 5) is 16.6. The Kier molecular flexibility index (Phi) is 10.5. The van der Waals surface area contributed by atoms with Crippen LogP contribution in [0.4, 0.5) is 10.5 Å². The normalized spacial score (nSPS) is 12.4. The Balaban J connectivity index is 2.54. The topological polar surface area (TPSA) is 79.0 Å². The Labute approximate surface area is 219 Å². The number of rotatable bonds is 11. The third-order valence-electron chi connectivity index (χ3n) is 5.70. The van der Waals surface area contributed by atoms with Crippen molar-refractivity contribution in [3.8, 4) is 5.75 Å². The van der Waals surface area contributed by atoms with Crippen molar-refractivity contribution < 1.29 is 17.4 Å². The highest BCUT2D eigenvalue weighted by Gasteiger charge is 2.25. The molecule has 0 saturated carbocycles. The van der Waals surface area contributed by atoms with Crippen molar-refractivity contribution in [1.82, 2.24) is 10.2 Å². The summed E-state index contributed by atoms with van der Waals surface area (Å²) in [5.74, 6) is 0.158. The third-order valence-corrected chi connectivity index (χ3v) is 7.66. The van der Waals surface area contributed by atoms with Gasteiger partial charge in [-0.3, -0.25) is 0 Å². The summed E-state index contributed by atoms with van der Waals surface area (Å²) < 4.78 is 32.0. The van der Waals surface area contributed by atoms with Crippen LogP contribution in [0.2, 0.25) is 10.0 Å². The minimum absolute atomic E-state index is 0.0372. The summed E-state index contributed by atoms with van der Waals surface area (Å²) in [6, 6.07) is 9.11. The summed E-state index contributed by atoms with van der Waals surface area (Å²) in [5, 5.41) is 3.28. The fraction of sp³-hybridized carbons (Fsp3) is 0.480. The van der Waals surface area contributed by atoms with E-state index < -0.39 is 10.1 Å². The molecule has 0 spiro atoms. The second kappa shape index (κ2) is 12.7. The largest absolute Gasteiger partial charge is 0.379 e. The van der Waals surface area contributed by atoms with Gasteiger partial charge in [0.1, 0.15) is 10.6 Å². The van der Waals surface area contributed by atoms with Crippen LogP contribution in [-0.2, 0) is 16.7 Å². The molecule has 2 aromatic rings. The molecule has 0 aliphatic heterocycles. The number of hydrogen-bond donors (Lipinski definition) is 1. The SMILES string of the molecule is CC[C@@H](C)N(Cc1ccc(N(CC)CC)cc1OS(=O)(=O)c1ccc(Cl)c(Cl)c1)C(=O)NC(C)C. The number of carbonyl (C=O) groups excluding carboxylic acids is 1. The molecule has 0 fully saturated rings. The molecule has 1 atom stereocenters. The summed E-state index contributed by atoms with van der Waals surface area (Å²) in [7, 11) is -4.21. The van der Waals surface area contributed by atoms with Crippen LogP contribution in [0.5, 0.6) is 5.75 Å². The maximum absolute atomic E-state index is 13.2. The second-order valence-electron chi connectivity index (χ2n) is 8.57. The Morgan fingerprint density at radius 2 is 1.66 bits per heavy atom. The monoisotopic (exact) mass is 543 g/mol. The van der Waals surface area contributed by atoms with Gasteiger partial charge in [0.05, 0.1) is 16.6 Å². The minimum Gasteiger partial charge on any atom is -0.379 e. The van der Waals surface area contributed by atoms with Crippen molar-refractivity contribution in [3.05, 3.63) is 52.0 Å². The maximum Gasteiger partial charge on any atom is 0.339 e. The van der Waals surface area contributed by atoms with E-state index in [2.05, 4.69) is 10.2 Å². The van der Waals surface area contributed by atoms with Crippen LogP contribution < -0.4 is 14.4 Å². The number of halogens is 2. The van der Waals surface area contributed by atoms with Crippen molar-refractivity contribution in [2.24, 2.45) is 0 Å².